The summed E-state index contributed by atoms with van der Waals surface area (Å²) < 4.78 is 0.805. The van der Waals surface area contributed by atoms with Crippen molar-refractivity contribution in [3.05, 3.63) is 28.2 Å². The summed E-state index contributed by atoms with van der Waals surface area (Å²) in [5.41, 5.74) is 1.44. The highest BCUT2D eigenvalue weighted by molar-refractivity contribution is 9.10. The Labute approximate surface area is 108 Å². The fourth-order valence-corrected chi connectivity index (χ4v) is 2.34. The number of likely N-dealkylation sites (tertiary alicyclic amines) is 1. The molecular weight excluding hydrogens is 282 g/mol. The largest absolute Gasteiger partial charge is 0.373 e. The third-order valence-electron chi connectivity index (χ3n) is 2.86. The van der Waals surface area contributed by atoms with Crippen LogP contribution in [0, 0.1) is 11.3 Å². The van der Waals surface area contributed by atoms with E-state index in [0.717, 1.165) is 23.1 Å². The smallest absolute Gasteiger partial charge is 0.244 e. The molecule has 1 N–H and O–H groups in total. The van der Waals surface area contributed by atoms with Gasteiger partial charge in [0.15, 0.2) is 0 Å². The number of hydrogen-bond acceptors (Lipinski definition) is 3. The second kappa shape index (κ2) is 4.76. The lowest BCUT2D eigenvalue weighted by molar-refractivity contribution is -0.127. The van der Waals surface area contributed by atoms with E-state index < -0.39 is 0 Å². The number of benzene rings is 1. The first-order valence-corrected chi connectivity index (χ1v) is 6.12. The van der Waals surface area contributed by atoms with Gasteiger partial charge in [-0.3, -0.25) is 4.79 Å². The molecule has 1 atom stereocenters. The van der Waals surface area contributed by atoms with Crippen LogP contribution in [-0.2, 0) is 4.79 Å². The summed E-state index contributed by atoms with van der Waals surface area (Å²) in [7, 11) is 1.80. The molecule has 1 aliphatic heterocycles. The number of halogens is 1. The van der Waals surface area contributed by atoms with Gasteiger partial charge in [0.1, 0.15) is 6.04 Å². The molecule has 0 aliphatic carbocycles. The summed E-state index contributed by atoms with van der Waals surface area (Å²) in [6.45, 7) is 0.782. The Morgan fingerprint density at radius 3 is 2.88 bits per heavy atom. The zero-order chi connectivity index (χ0) is 12.4. The third kappa shape index (κ3) is 2.42. The lowest BCUT2D eigenvalue weighted by Crippen LogP contribution is -2.31. The summed E-state index contributed by atoms with van der Waals surface area (Å²) in [4.78, 5) is 13.5. The second-order valence-corrected chi connectivity index (χ2v) is 4.91. The molecule has 0 saturated carbocycles. The Balaban J connectivity index is 2.15. The number of anilines is 1. The molecule has 1 unspecified atom stereocenters. The molecule has 1 aromatic rings. The minimum absolute atomic E-state index is 0.112. The molecule has 1 aromatic carbocycles. The van der Waals surface area contributed by atoms with E-state index in [1.165, 1.54) is 0 Å². The van der Waals surface area contributed by atoms with Crippen LogP contribution < -0.4 is 5.32 Å². The number of nitrogens with one attached hydrogen (secondary N) is 1. The van der Waals surface area contributed by atoms with Gasteiger partial charge >= 0.3 is 0 Å². The summed E-state index contributed by atoms with van der Waals surface area (Å²) in [6.07, 6.45) is 0.807. The van der Waals surface area contributed by atoms with Crippen molar-refractivity contribution >= 4 is 27.5 Å². The van der Waals surface area contributed by atoms with Crippen molar-refractivity contribution in [1.29, 1.82) is 5.26 Å². The van der Waals surface area contributed by atoms with Gasteiger partial charge in [0.2, 0.25) is 5.91 Å². The summed E-state index contributed by atoms with van der Waals surface area (Å²) in [6, 6.07) is 7.20. The molecule has 1 amide bonds. The van der Waals surface area contributed by atoms with E-state index in [1.807, 2.05) is 6.07 Å². The molecule has 0 radical (unpaired) electrons. The minimum atomic E-state index is -0.163. The minimum Gasteiger partial charge on any atom is -0.373 e. The van der Waals surface area contributed by atoms with E-state index in [1.54, 1.807) is 24.1 Å². The monoisotopic (exact) mass is 293 g/mol. The normalized spacial score (nSPS) is 19.2. The molecule has 1 heterocycles. The number of carbonyl (C=O) groups excluding carboxylic acids is 1. The van der Waals surface area contributed by atoms with Gasteiger partial charge in [0.25, 0.3) is 0 Å². The number of hydrogen-bond donors (Lipinski definition) is 1. The van der Waals surface area contributed by atoms with Crippen LogP contribution >= 0.6 is 15.9 Å². The Morgan fingerprint density at radius 1 is 1.59 bits per heavy atom. The van der Waals surface area contributed by atoms with Gasteiger partial charge in [-0.15, -0.1) is 0 Å². The fourth-order valence-electron chi connectivity index (χ4n) is 1.85. The number of likely N-dealkylation sites (N-methyl/N-ethyl adjacent to an activating group) is 1. The van der Waals surface area contributed by atoms with E-state index in [4.69, 9.17) is 5.26 Å². The molecule has 88 valence electrons. The first kappa shape index (κ1) is 11.9. The Hall–Kier alpha value is -1.54. The quantitative estimate of drug-likeness (QED) is 0.907. The van der Waals surface area contributed by atoms with Gasteiger partial charge in [-0.25, -0.2) is 0 Å². The van der Waals surface area contributed by atoms with E-state index in [0.29, 0.717) is 5.56 Å². The number of nitrogens with zero attached hydrogens (tertiary/aromatic N) is 2. The standard InChI is InChI=1S/C12H12BrN3O/c1-16-5-4-11(12(16)17)15-10-3-2-8(7-14)6-9(10)13/h2-3,6,11,15H,4-5H2,1H3. The SMILES string of the molecule is CN1CCC(Nc2ccc(C#N)cc2Br)C1=O. The van der Waals surface area contributed by atoms with Gasteiger partial charge in [0.05, 0.1) is 11.6 Å². The zero-order valence-corrected chi connectivity index (χ0v) is 11.0. The Bertz CT molecular complexity index is 495. The number of rotatable bonds is 2. The summed E-state index contributed by atoms with van der Waals surface area (Å²) in [5, 5.41) is 12.0. The number of carbonyl (C=O) groups is 1. The molecular formula is C12H12BrN3O. The van der Waals surface area contributed by atoms with Crippen LogP contribution in [0.4, 0.5) is 5.69 Å². The highest BCUT2D eigenvalue weighted by Crippen LogP contribution is 2.25. The highest BCUT2D eigenvalue weighted by Gasteiger charge is 2.29. The number of nitriles is 1. The van der Waals surface area contributed by atoms with Crippen LogP contribution in [0.15, 0.2) is 22.7 Å². The van der Waals surface area contributed by atoms with Crippen LogP contribution in [0.5, 0.6) is 0 Å². The summed E-state index contributed by atoms with van der Waals surface area (Å²) >= 11 is 3.39. The maximum atomic E-state index is 11.7. The second-order valence-electron chi connectivity index (χ2n) is 4.05. The van der Waals surface area contributed by atoms with Crippen LogP contribution in [0.3, 0.4) is 0 Å². The van der Waals surface area contributed by atoms with Crippen molar-refractivity contribution in [1.82, 2.24) is 4.90 Å². The molecule has 1 saturated heterocycles. The number of amides is 1. The Morgan fingerprint density at radius 2 is 2.35 bits per heavy atom. The maximum absolute atomic E-state index is 11.7. The maximum Gasteiger partial charge on any atom is 0.244 e. The van der Waals surface area contributed by atoms with Crippen LogP contribution in [0.2, 0.25) is 0 Å². The van der Waals surface area contributed by atoms with Gasteiger partial charge in [0, 0.05) is 23.8 Å². The molecule has 1 fully saturated rings. The highest BCUT2D eigenvalue weighted by atomic mass is 79.9. The van der Waals surface area contributed by atoms with Crippen molar-refractivity contribution < 1.29 is 4.79 Å². The fraction of sp³-hybridized carbons (Fsp3) is 0.333. The van der Waals surface area contributed by atoms with Crippen LogP contribution in [0.25, 0.3) is 0 Å². The zero-order valence-electron chi connectivity index (χ0n) is 9.40. The van der Waals surface area contributed by atoms with E-state index in [2.05, 4.69) is 27.3 Å². The molecule has 0 spiro atoms. The van der Waals surface area contributed by atoms with Gasteiger partial charge in [-0.05, 0) is 40.5 Å². The van der Waals surface area contributed by atoms with Gasteiger partial charge in [-0.1, -0.05) is 0 Å². The van der Waals surface area contributed by atoms with Crippen molar-refractivity contribution in [2.45, 2.75) is 12.5 Å². The topological polar surface area (TPSA) is 56.1 Å². The molecule has 1 aliphatic rings. The van der Waals surface area contributed by atoms with Crippen molar-refractivity contribution in [2.75, 3.05) is 18.9 Å². The molecule has 5 heteroatoms. The van der Waals surface area contributed by atoms with E-state index >= 15 is 0 Å². The lowest BCUT2D eigenvalue weighted by atomic mass is 10.2. The van der Waals surface area contributed by atoms with Crippen LogP contribution in [-0.4, -0.2) is 30.4 Å². The first-order valence-electron chi connectivity index (χ1n) is 5.33. The predicted molar refractivity (Wildman–Crippen MR) is 68.5 cm³/mol. The van der Waals surface area contributed by atoms with Crippen molar-refractivity contribution in [3.8, 4) is 6.07 Å². The Kier molecular flexibility index (Phi) is 3.34. The third-order valence-corrected chi connectivity index (χ3v) is 3.51. The van der Waals surface area contributed by atoms with Crippen molar-refractivity contribution in [2.24, 2.45) is 0 Å². The first-order chi connectivity index (χ1) is 8.11. The van der Waals surface area contributed by atoms with E-state index in [9.17, 15) is 4.79 Å². The van der Waals surface area contributed by atoms with Gasteiger partial charge in [-0.2, -0.15) is 5.26 Å². The van der Waals surface area contributed by atoms with Crippen LogP contribution in [0.1, 0.15) is 12.0 Å². The average Bonchev–Trinajstić information content (AvgIpc) is 2.63. The molecule has 0 bridgehead atoms. The predicted octanol–water partition coefficient (Wildman–Crippen LogP) is 1.96. The molecule has 17 heavy (non-hydrogen) atoms. The molecule has 0 aromatic heterocycles. The molecule has 2 rings (SSSR count). The van der Waals surface area contributed by atoms with E-state index in [-0.39, 0.29) is 11.9 Å². The summed E-state index contributed by atoms with van der Waals surface area (Å²) in [5.74, 6) is 0.112. The van der Waals surface area contributed by atoms with Gasteiger partial charge < -0.3 is 10.2 Å². The lowest BCUT2D eigenvalue weighted by Gasteiger charge is -2.14. The average molecular weight is 294 g/mol. The molecule has 4 nitrogen and oxygen atoms in total. The van der Waals surface area contributed by atoms with Crippen molar-refractivity contribution in [3.63, 3.8) is 0 Å².